The molecule has 3 rings (SSSR count). The Bertz CT molecular complexity index is 328. The first-order chi connectivity index (χ1) is 6.93. The van der Waals surface area contributed by atoms with Gasteiger partial charge in [0, 0.05) is 0 Å². The minimum atomic E-state index is 0.814. The van der Waals surface area contributed by atoms with Crippen LogP contribution in [0.25, 0.3) is 0 Å². The van der Waals surface area contributed by atoms with E-state index in [0.29, 0.717) is 0 Å². The number of allylic oxidation sites excluding steroid dienone is 6. The van der Waals surface area contributed by atoms with Crippen LogP contribution in [0.2, 0.25) is 0 Å². The first kappa shape index (κ1) is 8.52. The Kier molecular flexibility index (Phi) is 2.08. The molecule has 1 unspecified atom stereocenters. The Hall–Kier alpha value is -0.780. The molecule has 0 aromatic rings. The Labute approximate surface area is 86.4 Å². The van der Waals surface area contributed by atoms with Crippen molar-refractivity contribution in [2.45, 2.75) is 44.9 Å². The van der Waals surface area contributed by atoms with Gasteiger partial charge in [0.2, 0.25) is 0 Å². The normalized spacial score (nSPS) is 30.9. The van der Waals surface area contributed by atoms with Gasteiger partial charge in [0.05, 0.1) is 0 Å². The Morgan fingerprint density at radius 3 is 3.07 bits per heavy atom. The van der Waals surface area contributed by atoms with Crippen LogP contribution in [0.1, 0.15) is 44.9 Å². The molecule has 1 fully saturated rings. The lowest BCUT2D eigenvalue weighted by molar-refractivity contribution is 0.511. The van der Waals surface area contributed by atoms with E-state index >= 15 is 0 Å². The van der Waals surface area contributed by atoms with E-state index in [9.17, 15) is 0 Å². The van der Waals surface area contributed by atoms with Gasteiger partial charge in [-0.15, -0.1) is 0 Å². The van der Waals surface area contributed by atoms with E-state index < -0.39 is 0 Å². The molecule has 3 aliphatic rings. The molecule has 0 heteroatoms. The van der Waals surface area contributed by atoms with Crippen molar-refractivity contribution >= 4 is 0 Å². The van der Waals surface area contributed by atoms with Crippen molar-refractivity contribution in [2.75, 3.05) is 0 Å². The molecule has 1 atom stereocenters. The fraction of sp³-hybridized carbons (Fsp3) is 0.571. The van der Waals surface area contributed by atoms with Crippen LogP contribution in [0.3, 0.4) is 0 Å². The second-order valence-electron chi connectivity index (χ2n) is 4.82. The van der Waals surface area contributed by atoms with Crippen molar-refractivity contribution in [1.82, 2.24) is 0 Å². The van der Waals surface area contributed by atoms with Crippen LogP contribution in [0.5, 0.6) is 0 Å². The largest absolute Gasteiger partial charge is 0.0770 e. The fourth-order valence-electron chi connectivity index (χ4n) is 3.03. The summed E-state index contributed by atoms with van der Waals surface area (Å²) in [6.45, 7) is 0. The molecule has 0 N–H and O–H groups in total. The molecule has 0 aliphatic heterocycles. The number of rotatable bonds is 0. The Balaban J connectivity index is 1.95. The van der Waals surface area contributed by atoms with Crippen LogP contribution < -0.4 is 0 Å². The quantitative estimate of drug-likeness (QED) is 0.533. The highest BCUT2D eigenvalue weighted by atomic mass is 14.3. The lowest BCUT2D eigenvalue weighted by atomic mass is 9.75. The predicted octanol–water partition coefficient (Wildman–Crippen LogP) is 4.15. The van der Waals surface area contributed by atoms with Gasteiger partial charge in [0.25, 0.3) is 0 Å². The van der Waals surface area contributed by atoms with Gasteiger partial charge in [0.15, 0.2) is 0 Å². The molecule has 74 valence electrons. The average molecular weight is 186 g/mol. The summed E-state index contributed by atoms with van der Waals surface area (Å²) in [6, 6.07) is 0. The molecule has 3 aliphatic carbocycles. The second kappa shape index (κ2) is 3.42. The van der Waals surface area contributed by atoms with Crippen LogP contribution in [-0.4, -0.2) is 0 Å². The lowest BCUT2D eigenvalue weighted by Crippen LogP contribution is -2.13. The van der Waals surface area contributed by atoms with Gasteiger partial charge in [-0.05, 0) is 55.6 Å². The molecule has 0 aromatic heterocycles. The highest BCUT2D eigenvalue weighted by Crippen LogP contribution is 2.39. The smallest absolute Gasteiger partial charge is 0.00139 e. The summed E-state index contributed by atoms with van der Waals surface area (Å²) in [6.07, 6.45) is 17.1. The minimum Gasteiger partial charge on any atom is -0.0770 e. The second-order valence-corrected chi connectivity index (χ2v) is 4.82. The minimum absolute atomic E-state index is 0.814. The third kappa shape index (κ3) is 1.37. The molecule has 0 saturated heterocycles. The molecule has 0 heterocycles. The zero-order chi connectivity index (χ0) is 9.38. The molecular weight excluding hydrogens is 168 g/mol. The summed E-state index contributed by atoms with van der Waals surface area (Å²) < 4.78 is 0. The maximum absolute atomic E-state index is 2.57. The lowest BCUT2D eigenvalue weighted by Gasteiger charge is -2.30. The van der Waals surface area contributed by atoms with Crippen LogP contribution in [0, 0.1) is 5.92 Å². The van der Waals surface area contributed by atoms with Crippen molar-refractivity contribution in [1.29, 1.82) is 0 Å². The average Bonchev–Trinajstić information content (AvgIpc) is 2.26. The Morgan fingerprint density at radius 1 is 1.07 bits per heavy atom. The van der Waals surface area contributed by atoms with Crippen LogP contribution in [0.4, 0.5) is 0 Å². The molecule has 0 nitrogen and oxygen atoms in total. The number of hydrogen-bond donors (Lipinski definition) is 0. The van der Waals surface area contributed by atoms with Gasteiger partial charge in [-0.2, -0.15) is 0 Å². The third-order valence-electron chi connectivity index (χ3n) is 3.84. The van der Waals surface area contributed by atoms with E-state index in [-0.39, 0.29) is 0 Å². The van der Waals surface area contributed by atoms with Crippen molar-refractivity contribution in [2.24, 2.45) is 5.92 Å². The van der Waals surface area contributed by atoms with Crippen LogP contribution in [0.15, 0.2) is 34.9 Å². The molecule has 0 bridgehead atoms. The maximum Gasteiger partial charge on any atom is -0.00139 e. The van der Waals surface area contributed by atoms with Crippen LogP contribution >= 0.6 is 0 Å². The van der Waals surface area contributed by atoms with Gasteiger partial charge in [-0.25, -0.2) is 0 Å². The molecular formula is C14H18. The van der Waals surface area contributed by atoms with Gasteiger partial charge in [-0.1, -0.05) is 30.2 Å². The first-order valence-electron chi connectivity index (χ1n) is 6.05. The van der Waals surface area contributed by atoms with E-state index in [1.165, 1.54) is 44.9 Å². The van der Waals surface area contributed by atoms with Crippen molar-refractivity contribution in [3.63, 3.8) is 0 Å². The highest BCUT2D eigenvalue weighted by Gasteiger charge is 2.23. The predicted molar refractivity (Wildman–Crippen MR) is 60.1 cm³/mol. The topological polar surface area (TPSA) is 0 Å². The number of hydrogen-bond acceptors (Lipinski definition) is 0. The van der Waals surface area contributed by atoms with E-state index in [4.69, 9.17) is 0 Å². The zero-order valence-corrected chi connectivity index (χ0v) is 8.76. The van der Waals surface area contributed by atoms with Gasteiger partial charge in [-0.3, -0.25) is 0 Å². The summed E-state index contributed by atoms with van der Waals surface area (Å²) in [5.74, 6) is 0.814. The summed E-state index contributed by atoms with van der Waals surface area (Å²) in [7, 11) is 0. The monoisotopic (exact) mass is 186 g/mol. The van der Waals surface area contributed by atoms with Crippen molar-refractivity contribution in [3.05, 3.63) is 34.9 Å². The Morgan fingerprint density at radius 2 is 2.07 bits per heavy atom. The molecule has 0 aromatic carbocycles. The van der Waals surface area contributed by atoms with Gasteiger partial charge in [0.1, 0.15) is 0 Å². The fourth-order valence-corrected chi connectivity index (χ4v) is 3.03. The SMILES string of the molecule is C1=C2C=C3CCCCC3C=C2CCC1. The molecule has 0 amide bonds. The molecule has 0 spiro atoms. The van der Waals surface area contributed by atoms with E-state index in [2.05, 4.69) is 18.2 Å². The first-order valence-corrected chi connectivity index (χ1v) is 6.05. The molecule has 1 saturated carbocycles. The van der Waals surface area contributed by atoms with E-state index in [1.54, 1.807) is 16.7 Å². The summed E-state index contributed by atoms with van der Waals surface area (Å²) in [4.78, 5) is 0. The van der Waals surface area contributed by atoms with Crippen LogP contribution in [-0.2, 0) is 0 Å². The summed E-state index contributed by atoms with van der Waals surface area (Å²) >= 11 is 0. The molecule has 14 heavy (non-hydrogen) atoms. The molecule has 0 radical (unpaired) electrons. The van der Waals surface area contributed by atoms with Gasteiger partial charge >= 0.3 is 0 Å². The van der Waals surface area contributed by atoms with E-state index in [1.807, 2.05) is 0 Å². The summed E-state index contributed by atoms with van der Waals surface area (Å²) in [5.41, 5.74) is 4.92. The highest BCUT2D eigenvalue weighted by molar-refractivity contribution is 5.48. The van der Waals surface area contributed by atoms with E-state index in [0.717, 1.165) is 5.92 Å². The van der Waals surface area contributed by atoms with Crippen molar-refractivity contribution in [3.8, 4) is 0 Å². The third-order valence-corrected chi connectivity index (χ3v) is 3.84. The number of fused-ring (bicyclic) bond motifs is 2. The standard InChI is InChI=1S/C14H18/c1-2-6-12-10-14-8-4-3-7-13(14)9-11(12)5-1/h5,9-10,14H,1-4,6-8H2. The maximum atomic E-state index is 2.57. The summed E-state index contributed by atoms with van der Waals surface area (Å²) in [5, 5.41) is 0. The van der Waals surface area contributed by atoms with Crippen molar-refractivity contribution < 1.29 is 0 Å². The van der Waals surface area contributed by atoms with Gasteiger partial charge < -0.3 is 0 Å². The zero-order valence-electron chi connectivity index (χ0n) is 8.76.